The van der Waals surface area contributed by atoms with Crippen LogP contribution < -0.4 is 5.32 Å². The van der Waals surface area contributed by atoms with E-state index in [4.69, 9.17) is 4.74 Å². The van der Waals surface area contributed by atoms with Crippen molar-refractivity contribution in [2.45, 2.75) is 26.3 Å². The van der Waals surface area contributed by atoms with E-state index in [-0.39, 0.29) is 17.7 Å². The molecule has 4 nitrogen and oxygen atoms in total. The first-order valence-electron chi connectivity index (χ1n) is 10.2. The Hall–Kier alpha value is -3.24. The highest BCUT2D eigenvalue weighted by atomic mass is 16.5. The summed E-state index contributed by atoms with van der Waals surface area (Å²) in [5.41, 5.74) is 4.94. The molecule has 3 rings (SSSR count). The lowest BCUT2D eigenvalue weighted by atomic mass is 9.97. The highest BCUT2D eigenvalue weighted by Gasteiger charge is 2.16. The van der Waals surface area contributed by atoms with Gasteiger partial charge in [0.1, 0.15) is 0 Å². The molecular formula is C26H27NO3. The Kier molecular flexibility index (Phi) is 7.52. The lowest BCUT2D eigenvalue weighted by Gasteiger charge is -2.12. The number of benzene rings is 3. The first kappa shape index (κ1) is 21.5. The maximum Gasteiger partial charge on any atom is 0.313 e. The van der Waals surface area contributed by atoms with Gasteiger partial charge in [0.15, 0.2) is 5.78 Å². The fourth-order valence-corrected chi connectivity index (χ4v) is 3.27. The van der Waals surface area contributed by atoms with E-state index in [1.807, 2.05) is 80.6 Å². The standard InChI is InChI=1S/C26H27NO3/c1-3-30-26(29)19(2)21-12-14-22(15-13-21)24-11-7-8-20(16-24)17-27-18-25(28)23-9-5-4-6-10-23/h4-16,19,27H,3,17-18H2,1-2H3. The summed E-state index contributed by atoms with van der Waals surface area (Å²) in [6.45, 7) is 4.97. The molecule has 4 heteroatoms. The van der Waals surface area contributed by atoms with Crippen molar-refractivity contribution in [3.63, 3.8) is 0 Å². The normalized spacial score (nSPS) is 11.7. The SMILES string of the molecule is CCOC(=O)C(C)c1ccc(-c2cccc(CNCC(=O)c3ccccc3)c2)cc1. The van der Waals surface area contributed by atoms with Crippen LogP contribution in [0, 0.1) is 0 Å². The lowest BCUT2D eigenvalue weighted by Crippen LogP contribution is -2.22. The van der Waals surface area contributed by atoms with Gasteiger partial charge in [-0.05, 0) is 42.2 Å². The van der Waals surface area contributed by atoms with Gasteiger partial charge in [-0.25, -0.2) is 0 Å². The van der Waals surface area contributed by atoms with E-state index in [1.54, 1.807) is 0 Å². The fraction of sp³-hybridized carbons (Fsp3) is 0.231. The number of ether oxygens (including phenoxy) is 1. The molecule has 1 unspecified atom stereocenters. The molecule has 0 aliphatic heterocycles. The number of Topliss-reactive ketones (excluding diaryl/α,β-unsaturated/α-hetero) is 1. The molecule has 0 saturated heterocycles. The molecular weight excluding hydrogens is 374 g/mol. The van der Waals surface area contributed by atoms with E-state index in [0.717, 1.165) is 27.8 Å². The molecule has 30 heavy (non-hydrogen) atoms. The third-order valence-electron chi connectivity index (χ3n) is 5.02. The number of hydrogen-bond donors (Lipinski definition) is 1. The molecule has 0 aromatic heterocycles. The molecule has 0 fully saturated rings. The number of carbonyl (C=O) groups is 2. The van der Waals surface area contributed by atoms with E-state index in [9.17, 15) is 9.59 Å². The summed E-state index contributed by atoms with van der Waals surface area (Å²) in [5, 5.41) is 3.23. The van der Waals surface area contributed by atoms with Crippen LogP contribution in [-0.2, 0) is 16.1 Å². The fourth-order valence-electron chi connectivity index (χ4n) is 3.27. The molecule has 0 aliphatic rings. The summed E-state index contributed by atoms with van der Waals surface area (Å²) in [6, 6.07) is 25.5. The largest absolute Gasteiger partial charge is 0.466 e. The van der Waals surface area contributed by atoms with Gasteiger partial charge in [-0.15, -0.1) is 0 Å². The minimum atomic E-state index is -0.281. The quantitative estimate of drug-likeness (QED) is 0.405. The minimum absolute atomic E-state index is 0.0815. The molecule has 3 aromatic rings. The minimum Gasteiger partial charge on any atom is -0.466 e. The third kappa shape index (κ3) is 5.65. The average molecular weight is 402 g/mol. The number of ketones is 1. The van der Waals surface area contributed by atoms with Gasteiger partial charge in [0.05, 0.1) is 19.1 Å². The lowest BCUT2D eigenvalue weighted by molar-refractivity contribution is -0.144. The number of nitrogens with one attached hydrogen (secondary N) is 1. The highest BCUT2D eigenvalue weighted by Crippen LogP contribution is 2.24. The smallest absolute Gasteiger partial charge is 0.313 e. The number of rotatable bonds is 9. The summed E-state index contributed by atoms with van der Waals surface area (Å²) < 4.78 is 5.10. The number of esters is 1. The summed E-state index contributed by atoms with van der Waals surface area (Å²) in [6.07, 6.45) is 0. The van der Waals surface area contributed by atoms with Crippen LogP contribution in [0.3, 0.4) is 0 Å². The van der Waals surface area contributed by atoms with Crippen LogP contribution in [0.2, 0.25) is 0 Å². The molecule has 0 aliphatic carbocycles. The molecule has 0 radical (unpaired) electrons. The molecule has 1 N–H and O–H groups in total. The van der Waals surface area contributed by atoms with Crippen molar-refractivity contribution in [2.24, 2.45) is 0 Å². The van der Waals surface area contributed by atoms with E-state index in [2.05, 4.69) is 17.4 Å². The van der Waals surface area contributed by atoms with Gasteiger partial charge in [0.25, 0.3) is 0 Å². The van der Waals surface area contributed by atoms with Crippen LogP contribution in [0.15, 0.2) is 78.9 Å². The predicted octanol–water partition coefficient (Wildman–Crippen LogP) is 4.99. The van der Waals surface area contributed by atoms with Gasteiger partial charge in [-0.2, -0.15) is 0 Å². The van der Waals surface area contributed by atoms with E-state index in [1.165, 1.54) is 0 Å². The van der Waals surface area contributed by atoms with Crippen molar-refractivity contribution in [3.05, 3.63) is 95.6 Å². The Bertz CT molecular complexity index is 981. The molecule has 1 atom stereocenters. The second kappa shape index (κ2) is 10.5. The van der Waals surface area contributed by atoms with Gasteiger partial charge >= 0.3 is 5.97 Å². The van der Waals surface area contributed by atoms with Crippen molar-refractivity contribution in [2.75, 3.05) is 13.2 Å². The summed E-state index contributed by atoms with van der Waals surface area (Å²) in [4.78, 5) is 24.1. The first-order chi connectivity index (χ1) is 14.6. The van der Waals surface area contributed by atoms with Crippen molar-refractivity contribution >= 4 is 11.8 Å². The number of hydrogen-bond acceptors (Lipinski definition) is 4. The van der Waals surface area contributed by atoms with Crippen molar-refractivity contribution < 1.29 is 14.3 Å². The second-order valence-corrected chi connectivity index (χ2v) is 7.19. The Labute approximate surface area is 177 Å². The maximum atomic E-state index is 12.2. The van der Waals surface area contributed by atoms with Crippen LogP contribution >= 0.6 is 0 Å². The monoisotopic (exact) mass is 401 g/mol. The van der Waals surface area contributed by atoms with Crippen LogP contribution in [0.5, 0.6) is 0 Å². The molecule has 154 valence electrons. The Morgan fingerprint density at radius 2 is 1.63 bits per heavy atom. The van der Waals surface area contributed by atoms with Crippen LogP contribution in [0.1, 0.15) is 41.3 Å². The Morgan fingerprint density at radius 1 is 0.900 bits per heavy atom. The maximum absolute atomic E-state index is 12.2. The van der Waals surface area contributed by atoms with Gasteiger partial charge < -0.3 is 10.1 Å². The van der Waals surface area contributed by atoms with E-state index < -0.39 is 0 Å². The summed E-state index contributed by atoms with van der Waals surface area (Å²) in [7, 11) is 0. The summed E-state index contributed by atoms with van der Waals surface area (Å²) in [5.74, 6) is -0.405. The molecule has 0 saturated carbocycles. The van der Waals surface area contributed by atoms with E-state index in [0.29, 0.717) is 19.7 Å². The van der Waals surface area contributed by atoms with Crippen molar-refractivity contribution in [3.8, 4) is 11.1 Å². The Morgan fingerprint density at radius 3 is 2.33 bits per heavy atom. The molecule has 3 aromatic carbocycles. The Balaban J connectivity index is 1.61. The second-order valence-electron chi connectivity index (χ2n) is 7.19. The zero-order chi connectivity index (χ0) is 21.3. The van der Waals surface area contributed by atoms with Crippen molar-refractivity contribution in [1.29, 1.82) is 0 Å². The molecule has 0 spiro atoms. The third-order valence-corrected chi connectivity index (χ3v) is 5.02. The summed E-state index contributed by atoms with van der Waals surface area (Å²) >= 11 is 0. The van der Waals surface area contributed by atoms with Gasteiger partial charge in [0, 0.05) is 12.1 Å². The van der Waals surface area contributed by atoms with Gasteiger partial charge in [0.2, 0.25) is 0 Å². The van der Waals surface area contributed by atoms with Crippen LogP contribution in [0.25, 0.3) is 11.1 Å². The number of carbonyl (C=O) groups excluding carboxylic acids is 2. The predicted molar refractivity (Wildman–Crippen MR) is 119 cm³/mol. The van der Waals surface area contributed by atoms with Gasteiger partial charge in [-0.1, -0.05) is 72.8 Å². The average Bonchev–Trinajstić information content (AvgIpc) is 2.79. The molecule has 0 bridgehead atoms. The topological polar surface area (TPSA) is 55.4 Å². The zero-order valence-electron chi connectivity index (χ0n) is 17.4. The van der Waals surface area contributed by atoms with Crippen LogP contribution in [-0.4, -0.2) is 24.9 Å². The highest BCUT2D eigenvalue weighted by molar-refractivity contribution is 5.97. The van der Waals surface area contributed by atoms with E-state index >= 15 is 0 Å². The molecule has 0 amide bonds. The van der Waals surface area contributed by atoms with Crippen molar-refractivity contribution in [1.82, 2.24) is 5.32 Å². The first-order valence-corrected chi connectivity index (χ1v) is 10.2. The van der Waals surface area contributed by atoms with Crippen LogP contribution in [0.4, 0.5) is 0 Å². The molecule has 0 heterocycles. The zero-order valence-corrected chi connectivity index (χ0v) is 17.4. The van der Waals surface area contributed by atoms with Gasteiger partial charge in [-0.3, -0.25) is 9.59 Å².